The van der Waals surface area contributed by atoms with E-state index in [0.717, 1.165) is 5.56 Å². The molecular weight excluding hydrogens is 413 g/mol. The number of aromatic amines is 1. The lowest BCUT2D eigenvalue weighted by Gasteiger charge is -2.09. The standard InChI is InChI=1S/C22H16FN7O2/c1-32-17-8-5-9-24-19(17)14-11-25-28-20(14)22(31)26-16-10-18-27-21(13-6-3-2-4-7-13)29-30(18)12-15(16)23/h2-12H,1H3,(H,25,28)(H,26,31). The van der Waals surface area contributed by atoms with Crippen molar-refractivity contribution in [3.63, 3.8) is 0 Å². The number of H-pyrrole nitrogens is 1. The zero-order valence-corrected chi connectivity index (χ0v) is 16.8. The van der Waals surface area contributed by atoms with Gasteiger partial charge >= 0.3 is 0 Å². The Morgan fingerprint density at radius 1 is 1.19 bits per heavy atom. The molecule has 10 heteroatoms. The van der Waals surface area contributed by atoms with Crippen LogP contribution in [0, 0.1) is 5.82 Å². The molecule has 1 amide bonds. The minimum absolute atomic E-state index is 0.0388. The Balaban J connectivity index is 1.47. The number of rotatable bonds is 5. The summed E-state index contributed by atoms with van der Waals surface area (Å²) in [5, 5.41) is 13.5. The highest BCUT2D eigenvalue weighted by molar-refractivity contribution is 6.07. The van der Waals surface area contributed by atoms with Gasteiger partial charge in [0.15, 0.2) is 17.3 Å². The number of carbonyl (C=O) groups is 1. The molecule has 9 nitrogen and oxygen atoms in total. The lowest BCUT2D eigenvalue weighted by Crippen LogP contribution is -2.15. The molecule has 0 fully saturated rings. The average molecular weight is 429 g/mol. The maximum absolute atomic E-state index is 14.7. The van der Waals surface area contributed by atoms with E-state index in [1.807, 2.05) is 30.3 Å². The highest BCUT2D eigenvalue weighted by atomic mass is 19.1. The number of fused-ring (bicyclic) bond motifs is 1. The third-order valence-electron chi connectivity index (χ3n) is 4.82. The first kappa shape index (κ1) is 19.4. The predicted molar refractivity (Wildman–Crippen MR) is 115 cm³/mol. The molecule has 4 heterocycles. The quantitative estimate of drug-likeness (QED) is 0.442. The lowest BCUT2D eigenvalue weighted by atomic mass is 10.1. The Hall–Kier alpha value is -4.60. The molecule has 0 saturated heterocycles. The summed E-state index contributed by atoms with van der Waals surface area (Å²) in [7, 11) is 1.51. The number of ether oxygens (including phenoxy) is 1. The van der Waals surface area contributed by atoms with Crippen LogP contribution in [-0.2, 0) is 0 Å². The van der Waals surface area contributed by atoms with Gasteiger partial charge < -0.3 is 10.1 Å². The number of amides is 1. The fourth-order valence-electron chi connectivity index (χ4n) is 3.29. The molecule has 5 aromatic rings. The van der Waals surface area contributed by atoms with E-state index in [2.05, 4.69) is 30.6 Å². The minimum atomic E-state index is -0.660. The molecule has 158 valence electrons. The van der Waals surface area contributed by atoms with Gasteiger partial charge in [0, 0.05) is 17.8 Å². The van der Waals surface area contributed by atoms with E-state index < -0.39 is 11.7 Å². The number of hydrogen-bond acceptors (Lipinski definition) is 6. The first-order valence-electron chi connectivity index (χ1n) is 9.59. The third kappa shape index (κ3) is 3.43. The van der Waals surface area contributed by atoms with Gasteiger partial charge in [-0.2, -0.15) is 5.10 Å². The number of methoxy groups -OCH3 is 1. The van der Waals surface area contributed by atoms with Gasteiger partial charge in [0.25, 0.3) is 5.91 Å². The second-order valence-corrected chi connectivity index (χ2v) is 6.81. The monoisotopic (exact) mass is 429 g/mol. The Bertz CT molecular complexity index is 1430. The first-order valence-corrected chi connectivity index (χ1v) is 9.59. The van der Waals surface area contributed by atoms with Crippen LogP contribution in [0.5, 0.6) is 5.75 Å². The van der Waals surface area contributed by atoms with Gasteiger partial charge in [0.05, 0.1) is 30.8 Å². The summed E-state index contributed by atoms with van der Waals surface area (Å²) in [5.41, 5.74) is 2.13. The number of halogens is 1. The van der Waals surface area contributed by atoms with Crippen LogP contribution >= 0.6 is 0 Å². The largest absolute Gasteiger partial charge is 0.494 e. The van der Waals surface area contributed by atoms with E-state index >= 15 is 0 Å². The van der Waals surface area contributed by atoms with Crippen LogP contribution in [0.4, 0.5) is 10.1 Å². The van der Waals surface area contributed by atoms with Gasteiger partial charge in [0.1, 0.15) is 17.1 Å². The minimum Gasteiger partial charge on any atom is -0.494 e. The Morgan fingerprint density at radius 3 is 2.84 bits per heavy atom. The number of aromatic nitrogens is 6. The molecule has 0 aliphatic carbocycles. The molecule has 1 aromatic carbocycles. The van der Waals surface area contributed by atoms with E-state index in [9.17, 15) is 9.18 Å². The Kier molecular flexibility index (Phi) is 4.79. The summed E-state index contributed by atoms with van der Waals surface area (Å²) in [6.45, 7) is 0. The van der Waals surface area contributed by atoms with Crippen molar-refractivity contribution in [1.29, 1.82) is 0 Å². The maximum atomic E-state index is 14.7. The fraction of sp³-hybridized carbons (Fsp3) is 0.0455. The zero-order valence-electron chi connectivity index (χ0n) is 16.8. The number of hydrogen-bond donors (Lipinski definition) is 2. The van der Waals surface area contributed by atoms with Crippen molar-refractivity contribution in [1.82, 2.24) is 29.8 Å². The van der Waals surface area contributed by atoms with Crippen LogP contribution in [0.25, 0.3) is 28.3 Å². The summed E-state index contributed by atoms with van der Waals surface area (Å²) >= 11 is 0. The Labute approximate surface area is 180 Å². The molecule has 0 aliphatic rings. The summed E-state index contributed by atoms with van der Waals surface area (Å²) in [6.07, 6.45) is 4.21. The molecule has 0 bridgehead atoms. The van der Waals surface area contributed by atoms with Gasteiger partial charge in [-0.15, -0.1) is 5.10 Å². The van der Waals surface area contributed by atoms with Crippen LogP contribution in [0.15, 0.2) is 67.1 Å². The molecule has 4 aromatic heterocycles. The smallest absolute Gasteiger partial charge is 0.274 e. The van der Waals surface area contributed by atoms with Crippen molar-refractivity contribution in [2.45, 2.75) is 0 Å². The third-order valence-corrected chi connectivity index (χ3v) is 4.82. The van der Waals surface area contributed by atoms with Crippen molar-refractivity contribution < 1.29 is 13.9 Å². The average Bonchev–Trinajstić information content (AvgIpc) is 3.47. The number of pyridine rings is 2. The van der Waals surface area contributed by atoms with Crippen LogP contribution < -0.4 is 10.1 Å². The van der Waals surface area contributed by atoms with E-state index in [-0.39, 0.29) is 11.4 Å². The summed E-state index contributed by atoms with van der Waals surface area (Å²) < 4.78 is 21.4. The number of nitrogens with zero attached hydrogens (tertiary/aromatic N) is 5. The second kappa shape index (κ2) is 7.91. The highest BCUT2D eigenvalue weighted by Crippen LogP contribution is 2.29. The van der Waals surface area contributed by atoms with Crippen LogP contribution in [0.2, 0.25) is 0 Å². The topological polar surface area (TPSA) is 110 Å². The van der Waals surface area contributed by atoms with Gasteiger partial charge in [-0.25, -0.2) is 13.9 Å². The van der Waals surface area contributed by atoms with Crippen LogP contribution in [0.3, 0.4) is 0 Å². The van der Waals surface area contributed by atoms with Crippen molar-refractivity contribution in [3.05, 3.63) is 78.6 Å². The van der Waals surface area contributed by atoms with Gasteiger partial charge in [-0.05, 0) is 12.1 Å². The second-order valence-electron chi connectivity index (χ2n) is 6.81. The van der Waals surface area contributed by atoms with Crippen molar-refractivity contribution >= 4 is 17.2 Å². The van der Waals surface area contributed by atoms with Crippen molar-refractivity contribution in [2.75, 3.05) is 12.4 Å². The number of anilines is 1. The van der Waals surface area contributed by atoms with E-state index in [4.69, 9.17) is 4.74 Å². The summed E-state index contributed by atoms with van der Waals surface area (Å²) in [4.78, 5) is 21.6. The lowest BCUT2D eigenvalue weighted by molar-refractivity contribution is 0.102. The Morgan fingerprint density at radius 2 is 2.03 bits per heavy atom. The van der Waals surface area contributed by atoms with Crippen molar-refractivity contribution in [3.8, 4) is 28.4 Å². The van der Waals surface area contributed by atoms with E-state index in [1.165, 1.54) is 30.1 Å². The normalized spacial score (nSPS) is 10.9. The van der Waals surface area contributed by atoms with Gasteiger partial charge in [-0.1, -0.05) is 30.3 Å². The molecular formula is C22H16FN7O2. The van der Waals surface area contributed by atoms with Gasteiger partial charge in [0.2, 0.25) is 0 Å². The number of nitrogens with one attached hydrogen (secondary N) is 2. The highest BCUT2D eigenvalue weighted by Gasteiger charge is 2.21. The molecule has 0 spiro atoms. The molecule has 0 aliphatic heterocycles. The van der Waals surface area contributed by atoms with E-state index in [0.29, 0.717) is 28.5 Å². The van der Waals surface area contributed by atoms with Crippen LogP contribution in [-0.4, -0.2) is 42.8 Å². The fourth-order valence-corrected chi connectivity index (χ4v) is 3.29. The molecule has 5 rings (SSSR count). The van der Waals surface area contributed by atoms with E-state index in [1.54, 1.807) is 18.3 Å². The van der Waals surface area contributed by atoms with Gasteiger partial charge in [-0.3, -0.25) is 14.9 Å². The first-order chi connectivity index (χ1) is 15.6. The summed E-state index contributed by atoms with van der Waals surface area (Å²) in [5.74, 6) is -0.317. The predicted octanol–water partition coefficient (Wildman–Crippen LogP) is 3.58. The number of carbonyl (C=O) groups excluding carboxylic acids is 1. The van der Waals surface area contributed by atoms with Crippen LogP contribution in [0.1, 0.15) is 10.5 Å². The molecule has 2 N–H and O–H groups in total. The molecule has 32 heavy (non-hydrogen) atoms. The van der Waals surface area contributed by atoms with Crippen molar-refractivity contribution in [2.24, 2.45) is 0 Å². The maximum Gasteiger partial charge on any atom is 0.274 e. The number of benzene rings is 1. The molecule has 0 saturated carbocycles. The SMILES string of the molecule is COc1cccnc1-c1cn[nH]c1C(=O)Nc1cc2nc(-c3ccccc3)nn2cc1F. The zero-order chi connectivity index (χ0) is 22.1. The molecule has 0 radical (unpaired) electrons. The summed E-state index contributed by atoms with van der Waals surface area (Å²) in [6, 6.07) is 14.2. The molecule has 0 unspecified atom stereocenters. The molecule has 0 atom stereocenters.